The molecule has 0 aliphatic heterocycles. The minimum absolute atomic E-state index is 0.164. The maximum absolute atomic E-state index is 10.7. The number of para-hydroxylation sites is 1. The molecule has 0 spiro atoms. The second-order valence-corrected chi connectivity index (χ2v) is 9.70. The van der Waals surface area contributed by atoms with Gasteiger partial charge in [-0.15, -0.1) is 0 Å². The third-order valence-corrected chi connectivity index (χ3v) is 6.50. The van der Waals surface area contributed by atoms with Gasteiger partial charge in [0.05, 0.1) is 11.2 Å². The Morgan fingerprint density at radius 1 is 0.806 bits per heavy atom. The van der Waals surface area contributed by atoms with E-state index in [4.69, 9.17) is 10.7 Å². The highest BCUT2D eigenvalue weighted by atomic mass is 32.2. The maximum atomic E-state index is 10.7. The van der Waals surface area contributed by atoms with Crippen LogP contribution in [0.25, 0.3) is 10.9 Å². The molecule has 172 valence electrons. The van der Waals surface area contributed by atoms with Crippen LogP contribution in [0.5, 0.6) is 0 Å². The van der Waals surface area contributed by atoms with Crippen molar-refractivity contribution in [3.63, 3.8) is 0 Å². The smallest absolute Gasteiger partial charge is 0.217 e. The molecule has 1 aromatic carbocycles. The van der Waals surface area contributed by atoms with E-state index < -0.39 is 0 Å². The van der Waals surface area contributed by atoms with Gasteiger partial charge in [-0.05, 0) is 31.1 Å². The lowest BCUT2D eigenvalue weighted by molar-refractivity contribution is -0.118. The van der Waals surface area contributed by atoms with Crippen molar-refractivity contribution in [1.29, 1.82) is 0 Å². The van der Waals surface area contributed by atoms with E-state index in [-0.39, 0.29) is 5.91 Å². The lowest BCUT2D eigenvalue weighted by Gasteiger charge is -2.08. The summed E-state index contributed by atoms with van der Waals surface area (Å²) < 4.78 is 0. The number of rotatable bonds is 18. The molecule has 5 heteroatoms. The first-order chi connectivity index (χ1) is 15.2. The second kappa shape index (κ2) is 16.1. The SMILES string of the molecule is CCSc1nc(CCCCCCCCCCCCCCCC(N)=O)c2ccccc2n1. The maximum Gasteiger partial charge on any atom is 0.217 e. The number of nitrogens with two attached hydrogens (primary N) is 1. The standard InChI is InChI=1S/C26H41N3OS/c1-2-31-26-28-23(22-18-16-17-20-24(22)29-26)19-14-12-10-8-6-4-3-5-7-9-11-13-15-21-25(27)30/h16-18,20H,2-15,19,21H2,1H3,(H2,27,30). The van der Waals surface area contributed by atoms with Crippen LogP contribution in [0.3, 0.4) is 0 Å². The number of hydrogen-bond donors (Lipinski definition) is 1. The molecular formula is C26H41N3OS. The molecule has 1 aromatic heterocycles. The van der Waals surface area contributed by atoms with Crippen LogP contribution in [-0.2, 0) is 11.2 Å². The van der Waals surface area contributed by atoms with Gasteiger partial charge in [0.1, 0.15) is 0 Å². The van der Waals surface area contributed by atoms with Gasteiger partial charge in [-0.2, -0.15) is 0 Å². The number of unbranched alkanes of at least 4 members (excludes halogenated alkanes) is 12. The van der Waals surface area contributed by atoms with Gasteiger partial charge in [0.25, 0.3) is 0 Å². The molecule has 2 N–H and O–H groups in total. The fourth-order valence-corrected chi connectivity index (χ4v) is 4.64. The van der Waals surface area contributed by atoms with Crippen LogP contribution >= 0.6 is 11.8 Å². The Morgan fingerprint density at radius 2 is 1.35 bits per heavy atom. The van der Waals surface area contributed by atoms with Crippen LogP contribution in [0, 0.1) is 0 Å². The average molecular weight is 444 g/mol. The largest absolute Gasteiger partial charge is 0.370 e. The molecule has 0 saturated carbocycles. The molecule has 2 rings (SSSR count). The molecule has 0 fully saturated rings. The number of carbonyl (C=O) groups excluding carboxylic acids is 1. The van der Waals surface area contributed by atoms with Crippen molar-refractivity contribution in [3.8, 4) is 0 Å². The first kappa shape index (κ1) is 25.6. The van der Waals surface area contributed by atoms with E-state index in [0.29, 0.717) is 6.42 Å². The zero-order valence-corrected chi connectivity index (χ0v) is 20.2. The number of carbonyl (C=O) groups is 1. The summed E-state index contributed by atoms with van der Waals surface area (Å²) in [6, 6.07) is 8.41. The van der Waals surface area contributed by atoms with Crippen LogP contribution < -0.4 is 5.73 Å². The minimum Gasteiger partial charge on any atom is -0.370 e. The van der Waals surface area contributed by atoms with Crippen molar-refractivity contribution >= 4 is 28.6 Å². The van der Waals surface area contributed by atoms with Gasteiger partial charge in [0.2, 0.25) is 5.91 Å². The lowest BCUT2D eigenvalue weighted by Crippen LogP contribution is -2.09. The molecule has 0 radical (unpaired) electrons. The Bertz CT molecular complexity index is 765. The monoisotopic (exact) mass is 443 g/mol. The predicted molar refractivity (Wildman–Crippen MR) is 133 cm³/mol. The molecule has 0 aliphatic carbocycles. The summed E-state index contributed by atoms with van der Waals surface area (Å²) in [6.45, 7) is 2.15. The zero-order chi connectivity index (χ0) is 22.2. The number of nitrogens with zero attached hydrogens (tertiary/aromatic N) is 2. The van der Waals surface area contributed by atoms with Gasteiger partial charge in [-0.3, -0.25) is 4.79 Å². The Labute approximate surface area is 193 Å². The highest BCUT2D eigenvalue weighted by Gasteiger charge is 2.07. The van der Waals surface area contributed by atoms with Crippen molar-refractivity contribution in [2.45, 2.75) is 108 Å². The molecule has 4 nitrogen and oxygen atoms in total. The Balaban J connectivity index is 1.49. The molecule has 0 aliphatic rings. The number of hydrogen-bond acceptors (Lipinski definition) is 4. The quantitative estimate of drug-likeness (QED) is 0.150. The van der Waals surface area contributed by atoms with Gasteiger partial charge < -0.3 is 5.73 Å². The second-order valence-electron chi connectivity index (χ2n) is 8.47. The number of amides is 1. The summed E-state index contributed by atoms with van der Waals surface area (Å²) in [6.07, 6.45) is 18.2. The van der Waals surface area contributed by atoms with E-state index in [2.05, 4.69) is 36.2 Å². The molecule has 2 aromatic rings. The molecule has 0 bridgehead atoms. The first-order valence-corrected chi connectivity index (χ1v) is 13.4. The normalized spacial score (nSPS) is 11.3. The van der Waals surface area contributed by atoms with Crippen molar-refractivity contribution in [2.75, 3.05) is 5.75 Å². The minimum atomic E-state index is -0.164. The summed E-state index contributed by atoms with van der Waals surface area (Å²) in [5.74, 6) is 0.845. The van der Waals surface area contributed by atoms with Gasteiger partial charge in [-0.25, -0.2) is 9.97 Å². The number of aromatic nitrogens is 2. The zero-order valence-electron chi connectivity index (χ0n) is 19.4. The van der Waals surface area contributed by atoms with Crippen LogP contribution in [0.1, 0.15) is 103 Å². The van der Waals surface area contributed by atoms with Crippen molar-refractivity contribution in [1.82, 2.24) is 9.97 Å². The average Bonchev–Trinajstić information content (AvgIpc) is 2.76. The molecule has 1 heterocycles. The molecule has 0 atom stereocenters. The van der Waals surface area contributed by atoms with E-state index in [1.165, 1.54) is 81.7 Å². The van der Waals surface area contributed by atoms with Crippen molar-refractivity contribution < 1.29 is 4.79 Å². The lowest BCUT2D eigenvalue weighted by atomic mass is 10.0. The summed E-state index contributed by atoms with van der Waals surface area (Å²) in [5.41, 5.74) is 7.45. The molecule has 31 heavy (non-hydrogen) atoms. The van der Waals surface area contributed by atoms with Crippen LogP contribution in [0.4, 0.5) is 0 Å². The summed E-state index contributed by atoms with van der Waals surface area (Å²) in [5, 5.41) is 2.14. The van der Waals surface area contributed by atoms with Gasteiger partial charge in [0, 0.05) is 11.8 Å². The van der Waals surface area contributed by atoms with Crippen molar-refractivity contribution in [2.24, 2.45) is 5.73 Å². The molecule has 1 amide bonds. The Hall–Kier alpha value is -1.62. The van der Waals surface area contributed by atoms with E-state index in [0.717, 1.165) is 35.7 Å². The van der Waals surface area contributed by atoms with E-state index in [9.17, 15) is 4.79 Å². The van der Waals surface area contributed by atoms with Crippen LogP contribution in [-0.4, -0.2) is 21.6 Å². The number of thioether (sulfide) groups is 1. The molecular weight excluding hydrogens is 402 g/mol. The fraction of sp³-hybridized carbons (Fsp3) is 0.654. The van der Waals surface area contributed by atoms with Crippen LogP contribution in [0.2, 0.25) is 0 Å². The highest BCUT2D eigenvalue weighted by Crippen LogP contribution is 2.22. The number of benzene rings is 1. The summed E-state index contributed by atoms with van der Waals surface area (Å²) in [4.78, 5) is 20.2. The third-order valence-electron chi connectivity index (χ3n) is 5.77. The number of aryl methyl sites for hydroxylation is 1. The summed E-state index contributed by atoms with van der Waals surface area (Å²) in [7, 11) is 0. The summed E-state index contributed by atoms with van der Waals surface area (Å²) >= 11 is 1.73. The number of primary amides is 1. The molecule has 0 saturated heterocycles. The van der Waals surface area contributed by atoms with E-state index in [1.807, 2.05) is 0 Å². The molecule has 0 unspecified atom stereocenters. The van der Waals surface area contributed by atoms with E-state index >= 15 is 0 Å². The van der Waals surface area contributed by atoms with Gasteiger partial charge in [-0.1, -0.05) is 108 Å². The third kappa shape index (κ3) is 11.0. The first-order valence-electron chi connectivity index (χ1n) is 12.4. The number of fused-ring (bicyclic) bond motifs is 1. The van der Waals surface area contributed by atoms with Crippen LogP contribution in [0.15, 0.2) is 29.4 Å². The highest BCUT2D eigenvalue weighted by molar-refractivity contribution is 7.99. The topological polar surface area (TPSA) is 68.9 Å². The van der Waals surface area contributed by atoms with Crippen molar-refractivity contribution in [3.05, 3.63) is 30.0 Å². The van der Waals surface area contributed by atoms with Gasteiger partial charge >= 0.3 is 0 Å². The Morgan fingerprint density at radius 3 is 1.94 bits per heavy atom. The fourth-order valence-electron chi connectivity index (χ4n) is 4.04. The Kier molecular flexibility index (Phi) is 13.3. The van der Waals surface area contributed by atoms with E-state index in [1.54, 1.807) is 11.8 Å². The predicted octanol–water partition coefficient (Wildman–Crippen LogP) is 7.23. The van der Waals surface area contributed by atoms with Gasteiger partial charge in [0.15, 0.2) is 5.16 Å².